The van der Waals surface area contributed by atoms with Crippen molar-refractivity contribution in [1.82, 2.24) is 10.3 Å². The minimum atomic E-state index is -0.605. The Kier molecular flexibility index (Phi) is 7.57. The van der Waals surface area contributed by atoms with Crippen LogP contribution in [0.2, 0.25) is 0 Å². The van der Waals surface area contributed by atoms with Gasteiger partial charge >= 0.3 is 0 Å². The monoisotopic (exact) mass is 283 g/mol. The Morgan fingerprint density at radius 2 is 2.20 bits per heavy atom. The van der Waals surface area contributed by atoms with Crippen LogP contribution in [0.1, 0.15) is 36.5 Å². The first kappa shape index (κ1) is 16.4. The number of unbranched alkanes of at least 4 members (excludes halogenated alkanes) is 2. The first-order chi connectivity index (χ1) is 9.70. The van der Waals surface area contributed by atoms with Crippen LogP contribution in [-0.4, -0.2) is 37.7 Å². The minimum Gasteiger partial charge on any atom is -0.385 e. The predicted octanol–water partition coefficient (Wildman–Crippen LogP) is 2.20. The average molecular weight is 283 g/mol. The van der Waals surface area contributed by atoms with E-state index in [-0.39, 0.29) is 11.4 Å². The molecule has 0 saturated carbocycles. The highest BCUT2D eigenvalue weighted by atomic mass is 19.1. The fraction of sp³-hybridized carbons (Fsp3) is 0.571. The summed E-state index contributed by atoms with van der Waals surface area (Å²) < 4.78 is 18.9. The summed E-state index contributed by atoms with van der Waals surface area (Å²) >= 11 is 0. The number of pyridine rings is 1. The van der Waals surface area contributed by atoms with Gasteiger partial charge in [0.2, 0.25) is 0 Å². The Morgan fingerprint density at radius 1 is 1.40 bits per heavy atom. The molecule has 0 radical (unpaired) electrons. The highest BCUT2D eigenvalue weighted by Crippen LogP contribution is 2.14. The SMILES string of the molecule is CCNc1nccc(C(=O)NCCCCCOC)c1F. The minimum absolute atomic E-state index is 0.0211. The first-order valence-electron chi connectivity index (χ1n) is 6.86. The van der Waals surface area contributed by atoms with Gasteiger partial charge < -0.3 is 15.4 Å². The van der Waals surface area contributed by atoms with Crippen molar-refractivity contribution in [3.63, 3.8) is 0 Å². The molecule has 0 bridgehead atoms. The summed E-state index contributed by atoms with van der Waals surface area (Å²) in [4.78, 5) is 15.7. The normalized spacial score (nSPS) is 10.3. The van der Waals surface area contributed by atoms with E-state index in [1.165, 1.54) is 12.3 Å². The summed E-state index contributed by atoms with van der Waals surface area (Å²) in [6.07, 6.45) is 4.20. The quantitative estimate of drug-likeness (QED) is 0.682. The Morgan fingerprint density at radius 3 is 2.90 bits per heavy atom. The third-order valence-corrected chi connectivity index (χ3v) is 2.79. The number of carbonyl (C=O) groups is 1. The second-order valence-electron chi connectivity index (χ2n) is 4.36. The third kappa shape index (κ3) is 5.13. The standard InChI is InChI=1S/C14H22FN3O2/c1-3-16-13-12(15)11(7-9-17-13)14(19)18-8-5-4-6-10-20-2/h7,9H,3-6,8,10H2,1-2H3,(H,16,17)(H,18,19). The van der Waals surface area contributed by atoms with Gasteiger partial charge in [-0.15, -0.1) is 0 Å². The molecule has 5 nitrogen and oxygen atoms in total. The van der Waals surface area contributed by atoms with Crippen LogP contribution in [0, 0.1) is 5.82 Å². The van der Waals surface area contributed by atoms with Gasteiger partial charge in [0.1, 0.15) is 0 Å². The van der Waals surface area contributed by atoms with Crippen molar-refractivity contribution in [2.45, 2.75) is 26.2 Å². The fourth-order valence-corrected chi connectivity index (χ4v) is 1.76. The molecule has 1 rings (SSSR count). The highest BCUT2D eigenvalue weighted by molar-refractivity contribution is 5.95. The van der Waals surface area contributed by atoms with Gasteiger partial charge in [0.15, 0.2) is 11.6 Å². The van der Waals surface area contributed by atoms with Crippen molar-refractivity contribution in [3.05, 3.63) is 23.6 Å². The van der Waals surface area contributed by atoms with Crippen LogP contribution < -0.4 is 10.6 Å². The molecule has 1 amide bonds. The van der Waals surface area contributed by atoms with Gasteiger partial charge in [-0.3, -0.25) is 4.79 Å². The molecule has 0 aliphatic rings. The van der Waals surface area contributed by atoms with E-state index in [9.17, 15) is 9.18 Å². The van der Waals surface area contributed by atoms with E-state index in [2.05, 4.69) is 15.6 Å². The molecule has 112 valence electrons. The highest BCUT2D eigenvalue weighted by Gasteiger charge is 2.15. The summed E-state index contributed by atoms with van der Waals surface area (Å²) in [6.45, 7) is 3.64. The van der Waals surface area contributed by atoms with Crippen molar-refractivity contribution in [2.75, 3.05) is 32.1 Å². The molecule has 6 heteroatoms. The van der Waals surface area contributed by atoms with Crippen LogP contribution in [0.25, 0.3) is 0 Å². The zero-order valence-corrected chi connectivity index (χ0v) is 12.0. The van der Waals surface area contributed by atoms with E-state index >= 15 is 0 Å². The lowest BCUT2D eigenvalue weighted by atomic mass is 10.2. The molecule has 1 aromatic rings. The lowest BCUT2D eigenvalue weighted by Crippen LogP contribution is -2.26. The van der Waals surface area contributed by atoms with Gasteiger partial charge in [0.05, 0.1) is 5.56 Å². The Bertz CT molecular complexity index is 427. The Labute approximate surface area is 118 Å². The van der Waals surface area contributed by atoms with Crippen molar-refractivity contribution < 1.29 is 13.9 Å². The van der Waals surface area contributed by atoms with Crippen LogP contribution in [-0.2, 0) is 4.74 Å². The number of methoxy groups -OCH3 is 1. The molecule has 1 heterocycles. The van der Waals surface area contributed by atoms with Crippen LogP contribution >= 0.6 is 0 Å². The lowest BCUT2D eigenvalue weighted by molar-refractivity contribution is 0.0948. The number of amides is 1. The molecule has 1 aromatic heterocycles. The maximum absolute atomic E-state index is 14.0. The number of aromatic nitrogens is 1. The zero-order valence-electron chi connectivity index (χ0n) is 12.0. The van der Waals surface area contributed by atoms with Crippen molar-refractivity contribution >= 4 is 11.7 Å². The maximum atomic E-state index is 14.0. The summed E-state index contributed by atoms with van der Waals surface area (Å²) in [7, 11) is 1.66. The van der Waals surface area contributed by atoms with Gasteiger partial charge in [-0.05, 0) is 32.3 Å². The fourth-order valence-electron chi connectivity index (χ4n) is 1.76. The number of carbonyl (C=O) groups excluding carboxylic acids is 1. The molecular formula is C14H22FN3O2. The van der Waals surface area contributed by atoms with Crippen LogP contribution in [0.5, 0.6) is 0 Å². The van der Waals surface area contributed by atoms with E-state index in [4.69, 9.17) is 4.74 Å². The number of rotatable bonds is 9. The molecule has 0 saturated heterocycles. The summed E-state index contributed by atoms with van der Waals surface area (Å²) in [5, 5.41) is 5.49. The van der Waals surface area contributed by atoms with Crippen molar-refractivity contribution in [3.8, 4) is 0 Å². The molecule has 0 aliphatic carbocycles. The van der Waals surface area contributed by atoms with Crippen LogP contribution in [0.4, 0.5) is 10.2 Å². The number of ether oxygens (including phenoxy) is 1. The smallest absolute Gasteiger partial charge is 0.254 e. The number of nitrogens with one attached hydrogen (secondary N) is 2. The number of nitrogens with zero attached hydrogens (tertiary/aromatic N) is 1. The van der Waals surface area contributed by atoms with Crippen molar-refractivity contribution in [1.29, 1.82) is 0 Å². The molecule has 0 atom stereocenters. The van der Waals surface area contributed by atoms with Crippen molar-refractivity contribution in [2.24, 2.45) is 0 Å². The third-order valence-electron chi connectivity index (χ3n) is 2.79. The Balaban J connectivity index is 2.45. The number of hydrogen-bond acceptors (Lipinski definition) is 4. The second-order valence-corrected chi connectivity index (χ2v) is 4.36. The van der Waals surface area contributed by atoms with Crippen LogP contribution in [0.3, 0.4) is 0 Å². The summed E-state index contributed by atoms with van der Waals surface area (Å²) in [5.74, 6) is -0.901. The first-order valence-corrected chi connectivity index (χ1v) is 6.86. The van der Waals surface area contributed by atoms with E-state index < -0.39 is 11.7 Å². The van der Waals surface area contributed by atoms with Gasteiger partial charge in [0, 0.05) is 33.0 Å². The lowest BCUT2D eigenvalue weighted by Gasteiger charge is -2.09. The zero-order chi connectivity index (χ0) is 14.8. The van der Waals surface area contributed by atoms with E-state index in [1.807, 2.05) is 6.92 Å². The largest absolute Gasteiger partial charge is 0.385 e. The second kappa shape index (κ2) is 9.25. The van der Waals surface area contributed by atoms with Gasteiger partial charge in [-0.2, -0.15) is 0 Å². The topological polar surface area (TPSA) is 63.2 Å². The maximum Gasteiger partial charge on any atom is 0.254 e. The summed E-state index contributed by atoms with van der Waals surface area (Å²) in [5.41, 5.74) is 0.0211. The van der Waals surface area contributed by atoms with E-state index in [1.54, 1.807) is 7.11 Å². The molecule has 0 aromatic carbocycles. The van der Waals surface area contributed by atoms with Gasteiger partial charge in [-0.25, -0.2) is 9.37 Å². The average Bonchev–Trinajstić information content (AvgIpc) is 2.45. The van der Waals surface area contributed by atoms with E-state index in [0.29, 0.717) is 13.1 Å². The molecule has 20 heavy (non-hydrogen) atoms. The van der Waals surface area contributed by atoms with Gasteiger partial charge in [0.25, 0.3) is 5.91 Å². The van der Waals surface area contributed by atoms with Gasteiger partial charge in [-0.1, -0.05) is 0 Å². The van der Waals surface area contributed by atoms with Crippen LogP contribution in [0.15, 0.2) is 12.3 Å². The number of halogens is 1. The Hall–Kier alpha value is -1.69. The molecule has 0 spiro atoms. The molecule has 0 aliphatic heterocycles. The number of hydrogen-bond donors (Lipinski definition) is 2. The molecule has 0 unspecified atom stereocenters. The predicted molar refractivity (Wildman–Crippen MR) is 76.4 cm³/mol. The molecule has 2 N–H and O–H groups in total. The number of anilines is 1. The van der Waals surface area contributed by atoms with E-state index in [0.717, 1.165) is 25.9 Å². The molecular weight excluding hydrogens is 261 g/mol. The summed E-state index contributed by atoms with van der Waals surface area (Å²) in [6, 6.07) is 1.39. The molecule has 0 fully saturated rings.